The van der Waals surface area contributed by atoms with Crippen LogP contribution in [0.5, 0.6) is 0 Å². The van der Waals surface area contributed by atoms with Crippen LogP contribution in [0.25, 0.3) is 0 Å². The first kappa shape index (κ1) is 20.7. The van der Waals surface area contributed by atoms with Crippen LogP contribution in [0.4, 0.5) is 5.69 Å². The minimum Gasteiger partial charge on any atom is -0.467 e. The number of aryl methyl sites for hydroxylation is 2. The SMILES string of the molecule is Cc1ccc(N(C(=O)c2csnn2)C(C(=O)NC(C)(C)C)c2ccco2)c(C)c1. The number of carbonyl (C=O) groups excluding carboxylic acids is 2. The van der Waals surface area contributed by atoms with Gasteiger partial charge in [0.15, 0.2) is 11.7 Å². The van der Waals surface area contributed by atoms with Crippen molar-refractivity contribution in [2.75, 3.05) is 4.90 Å². The number of hydrogen-bond donors (Lipinski definition) is 1. The summed E-state index contributed by atoms with van der Waals surface area (Å²) in [5.74, 6) is -0.400. The van der Waals surface area contributed by atoms with Gasteiger partial charge in [0.25, 0.3) is 11.8 Å². The summed E-state index contributed by atoms with van der Waals surface area (Å²) < 4.78 is 9.38. The number of amides is 2. The quantitative estimate of drug-likeness (QED) is 0.683. The maximum absolute atomic E-state index is 13.5. The van der Waals surface area contributed by atoms with E-state index in [1.165, 1.54) is 11.2 Å². The molecule has 1 aromatic carbocycles. The van der Waals surface area contributed by atoms with Gasteiger partial charge in [-0.3, -0.25) is 14.5 Å². The summed E-state index contributed by atoms with van der Waals surface area (Å²) >= 11 is 1.08. The van der Waals surface area contributed by atoms with E-state index < -0.39 is 17.5 Å². The average Bonchev–Trinajstić information content (AvgIpc) is 3.32. The van der Waals surface area contributed by atoms with Gasteiger partial charge in [-0.25, -0.2) is 0 Å². The summed E-state index contributed by atoms with van der Waals surface area (Å²) in [6, 6.07) is 8.10. The number of furan rings is 1. The molecule has 0 saturated heterocycles. The molecule has 29 heavy (non-hydrogen) atoms. The molecule has 3 rings (SSSR count). The van der Waals surface area contributed by atoms with Crippen LogP contribution in [0.15, 0.2) is 46.4 Å². The van der Waals surface area contributed by atoms with Crippen LogP contribution in [0.3, 0.4) is 0 Å². The Kier molecular flexibility index (Phi) is 5.83. The summed E-state index contributed by atoms with van der Waals surface area (Å²) in [5.41, 5.74) is 2.22. The standard InChI is InChI=1S/C21H24N4O3S/c1-13-8-9-16(14(2)11-13)25(20(27)15-12-29-24-23-15)18(17-7-6-10-28-17)19(26)22-21(3,4)5/h6-12,18H,1-5H3,(H,22,26). The Bertz CT molecular complexity index is 992. The molecule has 7 nitrogen and oxygen atoms in total. The number of benzene rings is 1. The second-order valence-electron chi connectivity index (χ2n) is 7.91. The smallest absolute Gasteiger partial charge is 0.280 e. The zero-order chi connectivity index (χ0) is 21.2. The van der Waals surface area contributed by atoms with Crippen molar-refractivity contribution >= 4 is 29.0 Å². The molecule has 0 saturated carbocycles. The molecule has 1 N–H and O–H groups in total. The van der Waals surface area contributed by atoms with Crippen molar-refractivity contribution in [1.29, 1.82) is 0 Å². The fraction of sp³-hybridized carbons (Fsp3) is 0.333. The molecule has 0 fully saturated rings. The molecule has 1 unspecified atom stereocenters. The third-order valence-electron chi connectivity index (χ3n) is 4.23. The Morgan fingerprint density at radius 1 is 1.21 bits per heavy atom. The molecule has 0 aliphatic rings. The molecule has 0 aliphatic heterocycles. The summed E-state index contributed by atoms with van der Waals surface area (Å²) in [5, 5.41) is 8.45. The second-order valence-corrected chi connectivity index (χ2v) is 8.52. The van der Waals surface area contributed by atoms with Crippen LogP contribution >= 0.6 is 11.5 Å². The Morgan fingerprint density at radius 2 is 1.97 bits per heavy atom. The molecule has 8 heteroatoms. The van der Waals surface area contributed by atoms with Crippen LogP contribution in [-0.4, -0.2) is 26.9 Å². The molecule has 0 radical (unpaired) electrons. The Labute approximate surface area is 173 Å². The van der Waals surface area contributed by atoms with Crippen molar-refractivity contribution in [3.63, 3.8) is 0 Å². The molecule has 1 atom stereocenters. The zero-order valence-electron chi connectivity index (χ0n) is 17.1. The van der Waals surface area contributed by atoms with E-state index >= 15 is 0 Å². The fourth-order valence-electron chi connectivity index (χ4n) is 3.08. The molecule has 0 aliphatic carbocycles. The Morgan fingerprint density at radius 3 is 2.52 bits per heavy atom. The van der Waals surface area contributed by atoms with E-state index in [4.69, 9.17) is 4.42 Å². The third-order valence-corrected chi connectivity index (χ3v) is 4.73. The van der Waals surface area contributed by atoms with Gasteiger partial charge in [0.05, 0.1) is 6.26 Å². The summed E-state index contributed by atoms with van der Waals surface area (Å²) in [6.07, 6.45) is 1.49. The maximum Gasteiger partial charge on any atom is 0.280 e. The van der Waals surface area contributed by atoms with Gasteiger partial charge in [-0.1, -0.05) is 22.2 Å². The molecular formula is C21H24N4O3S. The normalized spacial score (nSPS) is 12.4. The average molecular weight is 413 g/mol. The van der Waals surface area contributed by atoms with E-state index in [1.807, 2.05) is 52.8 Å². The highest BCUT2D eigenvalue weighted by Gasteiger charge is 2.38. The van der Waals surface area contributed by atoms with Gasteiger partial charge in [-0.05, 0) is 69.9 Å². The third kappa shape index (κ3) is 4.71. The summed E-state index contributed by atoms with van der Waals surface area (Å²) in [7, 11) is 0. The topological polar surface area (TPSA) is 88.3 Å². The Hall–Kier alpha value is -3.00. The van der Waals surface area contributed by atoms with Crippen LogP contribution in [-0.2, 0) is 4.79 Å². The van der Waals surface area contributed by atoms with Crippen LogP contribution in [0.2, 0.25) is 0 Å². The lowest BCUT2D eigenvalue weighted by Crippen LogP contribution is -2.49. The minimum absolute atomic E-state index is 0.176. The largest absolute Gasteiger partial charge is 0.467 e. The second kappa shape index (κ2) is 8.16. The number of hydrogen-bond acceptors (Lipinski definition) is 6. The van der Waals surface area contributed by atoms with E-state index in [9.17, 15) is 9.59 Å². The van der Waals surface area contributed by atoms with E-state index in [1.54, 1.807) is 17.5 Å². The molecule has 152 valence electrons. The number of nitrogens with zero attached hydrogens (tertiary/aromatic N) is 3. The first-order valence-corrected chi connectivity index (χ1v) is 10.0. The van der Waals surface area contributed by atoms with Crippen LogP contribution in [0, 0.1) is 13.8 Å². The number of rotatable bonds is 5. The number of carbonyl (C=O) groups is 2. The van der Waals surface area contributed by atoms with Gasteiger partial charge >= 0.3 is 0 Å². The maximum atomic E-state index is 13.5. The molecule has 2 heterocycles. The van der Waals surface area contributed by atoms with E-state index in [-0.39, 0.29) is 11.6 Å². The molecule has 2 aromatic heterocycles. The Balaban J connectivity index is 2.17. The van der Waals surface area contributed by atoms with Gasteiger partial charge in [0.1, 0.15) is 5.76 Å². The molecular weight excluding hydrogens is 388 g/mol. The van der Waals surface area contributed by atoms with Crippen molar-refractivity contribution in [2.45, 2.75) is 46.2 Å². The van der Waals surface area contributed by atoms with Gasteiger partial charge in [-0.2, -0.15) is 0 Å². The predicted molar refractivity (Wildman–Crippen MR) is 112 cm³/mol. The zero-order valence-corrected chi connectivity index (χ0v) is 17.9. The summed E-state index contributed by atoms with van der Waals surface area (Å²) in [4.78, 5) is 28.2. The van der Waals surface area contributed by atoms with Crippen molar-refractivity contribution < 1.29 is 14.0 Å². The van der Waals surface area contributed by atoms with Gasteiger partial charge < -0.3 is 9.73 Å². The lowest BCUT2D eigenvalue weighted by molar-refractivity contribution is -0.124. The first-order chi connectivity index (χ1) is 13.7. The van der Waals surface area contributed by atoms with Crippen LogP contribution < -0.4 is 10.2 Å². The van der Waals surface area contributed by atoms with Gasteiger partial charge in [0.2, 0.25) is 0 Å². The van der Waals surface area contributed by atoms with Crippen molar-refractivity contribution in [3.8, 4) is 0 Å². The van der Waals surface area contributed by atoms with E-state index in [0.29, 0.717) is 11.4 Å². The van der Waals surface area contributed by atoms with Gasteiger partial charge in [0, 0.05) is 16.6 Å². The van der Waals surface area contributed by atoms with Gasteiger partial charge in [-0.15, -0.1) is 5.10 Å². The fourth-order valence-corrected chi connectivity index (χ4v) is 3.51. The molecule has 0 bridgehead atoms. The predicted octanol–water partition coefficient (Wildman–Crippen LogP) is 4.05. The monoisotopic (exact) mass is 412 g/mol. The molecule has 2 amide bonds. The highest BCUT2D eigenvalue weighted by Crippen LogP contribution is 2.33. The van der Waals surface area contributed by atoms with Crippen molar-refractivity contribution in [3.05, 3.63) is 64.6 Å². The van der Waals surface area contributed by atoms with Crippen molar-refractivity contribution in [2.24, 2.45) is 0 Å². The van der Waals surface area contributed by atoms with Crippen LogP contribution in [0.1, 0.15) is 54.2 Å². The minimum atomic E-state index is -1.00. The number of nitrogens with one attached hydrogen (secondary N) is 1. The number of aromatic nitrogens is 2. The summed E-state index contributed by atoms with van der Waals surface area (Å²) in [6.45, 7) is 9.54. The lowest BCUT2D eigenvalue weighted by atomic mass is 10.0. The van der Waals surface area contributed by atoms with Crippen molar-refractivity contribution in [1.82, 2.24) is 14.9 Å². The molecule has 0 spiro atoms. The lowest BCUT2D eigenvalue weighted by Gasteiger charge is -2.32. The highest BCUT2D eigenvalue weighted by molar-refractivity contribution is 7.03. The first-order valence-electron chi connectivity index (χ1n) is 9.20. The molecule has 3 aromatic rings. The highest BCUT2D eigenvalue weighted by atomic mass is 32.1. The van der Waals surface area contributed by atoms with E-state index in [2.05, 4.69) is 14.9 Å². The van der Waals surface area contributed by atoms with E-state index in [0.717, 1.165) is 22.7 Å². The number of anilines is 1.